The minimum Gasteiger partial charge on any atom is -0.497 e. The maximum atomic E-state index is 11.6. The molecule has 0 radical (unpaired) electrons. The molecule has 0 aromatic heterocycles. The molecular formula is C17H20N2O2. The van der Waals surface area contributed by atoms with Crippen molar-refractivity contribution in [1.29, 1.82) is 0 Å². The van der Waals surface area contributed by atoms with Gasteiger partial charge in [-0.15, -0.1) is 0 Å². The first-order valence-corrected chi connectivity index (χ1v) is 7.36. The highest BCUT2D eigenvalue weighted by atomic mass is 16.5. The summed E-state index contributed by atoms with van der Waals surface area (Å²) < 4.78 is 5.29. The number of amides is 2. The lowest BCUT2D eigenvalue weighted by atomic mass is 10.0. The number of hydrogen-bond donors (Lipinski definition) is 2. The van der Waals surface area contributed by atoms with Gasteiger partial charge in [-0.3, -0.25) is 0 Å². The van der Waals surface area contributed by atoms with E-state index in [1.54, 1.807) is 7.11 Å². The minimum atomic E-state index is -0.0599. The van der Waals surface area contributed by atoms with Gasteiger partial charge in [0.25, 0.3) is 0 Å². The Hall–Kier alpha value is -2.23. The van der Waals surface area contributed by atoms with E-state index in [9.17, 15) is 4.79 Å². The molecule has 1 aliphatic rings. The highest BCUT2D eigenvalue weighted by molar-refractivity contribution is 5.87. The van der Waals surface area contributed by atoms with E-state index < -0.39 is 0 Å². The van der Waals surface area contributed by atoms with Crippen LogP contribution in [0.25, 0.3) is 10.8 Å². The van der Waals surface area contributed by atoms with Gasteiger partial charge in [0.05, 0.1) is 7.11 Å². The van der Waals surface area contributed by atoms with Gasteiger partial charge in [-0.25, -0.2) is 4.79 Å². The van der Waals surface area contributed by atoms with E-state index in [0.29, 0.717) is 12.6 Å². The number of benzene rings is 2. The Bertz CT molecular complexity index is 650. The number of methoxy groups -OCH3 is 1. The van der Waals surface area contributed by atoms with Crippen molar-refractivity contribution >= 4 is 16.8 Å². The quantitative estimate of drug-likeness (QED) is 0.887. The standard InChI is InChI=1S/C17H20N2O2/c1-21-15-8-5-12-3-2-4-13(16(12)11-15)9-10-18-17(20)19-14-6-7-14/h2-5,8,11,14H,6-7,9-10H2,1H3,(H2,18,19,20). The van der Waals surface area contributed by atoms with Crippen molar-refractivity contribution in [2.24, 2.45) is 0 Å². The van der Waals surface area contributed by atoms with Crippen molar-refractivity contribution in [2.75, 3.05) is 13.7 Å². The first kappa shape index (κ1) is 13.7. The van der Waals surface area contributed by atoms with Crippen LogP contribution in [0.3, 0.4) is 0 Å². The van der Waals surface area contributed by atoms with Crippen LogP contribution in [0, 0.1) is 0 Å². The highest BCUT2D eigenvalue weighted by Gasteiger charge is 2.22. The van der Waals surface area contributed by atoms with Gasteiger partial charge in [-0.1, -0.05) is 24.3 Å². The topological polar surface area (TPSA) is 50.4 Å². The summed E-state index contributed by atoms with van der Waals surface area (Å²) in [6.45, 7) is 0.634. The molecule has 0 saturated heterocycles. The van der Waals surface area contributed by atoms with Crippen LogP contribution in [0.4, 0.5) is 4.79 Å². The summed E-state index contributed by atoms with van der Waals surface area (Å²) in [6, 6.07) is 12.7. The van der Waals surface area contributed by atoms with Gasteiger partial charge in [-0.2, -0.15) is 0 Å². The number of fused-ring (bicyclic) bond motifs is 1. The molecule has 110 valence electrons. The summed E-state index contributed by atoms with van der Waals surface area (Å²) in [5.74, 6) is 0.856. The van der Waals surface area contributed by atoms with E-state index in [0.717, 1.165) is 25.0 Å². The van der Waals surface area contributed by atoms with E-state index in [1.807, 2.05) is 6.07 Å². The molecule has 2 aromatic carbocycles. The Balaban J connectivity index is 1.66. The molecule has 3 rings (SSSR count). The Morgan fingerprint density at radius 1 is 1.29 bits per heavy atom. The lowest BCUT2D eigenvalue weighted by molar-refractivity contribution is 0.240. The molecule has 0 heterocycles. The fourth-order valence-electron chi connectivity index (χ4n) is 2.44. The first-order chi connectivity index (χ1) is 10.3. The SMILES string of the molecule is COc1ccc2cccc(CCNC(=O)NC3CC3)c2c1. The molecule has 0 bridgehead atoms. The van der Waals surface area contributed by atoms with Crippen LogP contribution in [-0.4, -0.2) is 25.7 Å². The molecule has 1 fully saturated rings. The molecule has 4 heteroatoms. The Kier molecular flexibility index (Phi) is 3.95. The van der Waals surface area contributed by atoms with Gasteiger partial charge in [0, 0.05) is 12.6 Å². The van der Waals surface area contributed by atoms with Crippen molar-refractivity contribution in [3.8, 4) is 5.75 Å². The van der Waals surface area contributed by atoms with Crippen LogP contribution < -0.4 is 15.4 Å². The lowest BCUT2D eigenvalue weighted by Gasteiger charge is -2.10. The predicted molar refractivity (Wildman–Crippen MR) is 83.8 cm³/mol. The largest absolute Gasteiger partial charge is 0.497 e. The molecule has 1 saturated carbocycles. The molecular weight excluding hydrogens is 264 g/mol. The van der Waals surface area contributed by atoms with Gasteiger partial charge in [0.2, 0.25) is 0 Å². The average molecular weight is 284 g/mol. The van der Waals surface area contributed by atoms with Crippen molar-refractivity contribution in [3.05, 3.63) is 42.0 Å². The Morgan fingerprint density at radius 2 is 2.14 bits per heavy atom. The maximum absolute atomic E-state index is 11.6. The predicted octanol–water partition coefficient (Wildman–Crippen LogP) is 2.85. The summed E-state index contributed by atoms with van der Waals surface area (Å²) in [5, 5.41) is 8.21. The molecule has 0 spiro atoms. The van der Waals surface area contributed by atoms with Crippen LogP contribution in [0.5, 0.6) is 5.75 Å². The zero-order chi connectivity index (χ0) is 14.7. The molecule has 0 aliphatic heterocycles. The molecule has 4 nitrogen and oxygen atoms in total. The lowest BCUT2D eigenvalue weighted by Crippen LogP contribution is -2.37. The van der Waals surface area contributed by atoms with Crippen molar-refractivity contribution in [2.45, 2.75) is 25.3 Å². The van der Waals surface area contributed by atoms with E-state index in [2.05, 4.69) is 41.0 Å². The van der Waals surface area contributed by atoms with Crippen molar-refractivity contribution < 1.29 is 9.53 Å². The third-order valence-corrected chi connectivity index (χ3v) is 3.77. The number of ether oxygens (including phenoxy) is 1. The van der Waals surface area contributed by atoms with Gasteiger partial charge >= 0.3 is 6.03 Å². The van der Waals surface area contributed by atoms with Crippen LogP contribution in [0.15, 0.2) is 36.4 Å². The summed E-state index contributed by atoms with van der Waals surface area (Å²) in [4.78, 5) is 11.6. The van der Waals surface area contributed by atoms with E-state index >= 15 is 0 Å². The fourth-order valence-corrected chi connectivity index (χ4v) is 2.44. The molecule has 2 amide bonds. The van der Waals surface area contributed by atoms with Gasteiger partial charge in [0.1, 0.15) is 5.75 Å². The van der Waals surface area contributed by atoms with E-state index in [1.165, 1.54) is 16.3 Å². The van der Waals surface area contributed by atoms with Crippen LogP contribution in [0.2, 0.25) is 0 Å². The Labute approximate surface area is 124 Å². The fraction of sp³-hybridized carbons (Fsp3) is 0.353. The molecule has 0 atom stereocenters. The molecule has 2 N–H and O–H groups in total. The number of urea groups is 1. The number of rotatable bonds is 5. The average Bonchev–Trinajstić information content (AvgIpc) is 3.31. The zero-order valence-corrected chi connectivity index (χ0v) is 12.2. The van der Waals surface area contributed by atoms with Crippen molar-refractivity contribution in [1.82, 2.24) is 10.6 Å². The van der Waals surface area contributed by atoms with Crippen LogP contribution in [0.1, 0.15) is 18.4 Å². The zero-order valence-electron chi connectivity index (χ0n) is 12.2. The normalized spacial score (nSPS) is 14.0. The van der Waals surface area contributed by atoms with Gasteiger partial charge in [-0.05, 0) is 47.7 Å². The number of carbonyl (C=O) groups is 1. The maximum Gasteiger partial charge on any atom is 0.315 e. The van der Waals surface area contributed by atoms with Crippen LogP contribution in [-0.2, 0) is 6.42 Å². The molecule has 1 aliphatic carbocycles. The number of hydrogen-bond acceptors (Lipinski definition) is 2. The molecule has 0 unspecified atom stereocenters. The third kappa shape index (κ3) is 3.45. The van der Waals surface area contributed by atoms with Gasteiger partial charge < -0.3 is 15.4 Å². The summed E-state index contributed by atoms with van der Waals surface area (Å²) in [6.07, 6.45) is 3.02. The molecule has 2 aromatic rings. The first-order valence-electron chi connectivity index (χ1n) is 7.36. The third-order valence-electron chi connectivity index (χ3n) is 3.77. The monoisotopic (exact) mass is 284 g/mol. The minimum absolute atomic E-state index is 0.0599. The molecule has 21 heavy (non-hydrogen) atoms. The van der Waals surface area contributed by atoms with Crippen LogP contribution >= 0.6 is 0 Å². The second-order valence-corrected chi connectivity index (χ2v) is 5.43. The summed E-state index contributed by atoms with van der Waals surface area (Å²) in [5.41, 5.74) is 1.22. The summed E-state index contributed by atoms with van der Waals surface area (Å²) >= 11 is 0. The second kappa shape index (κ2) is 6.04. The number of carbonyl (C=O) groups excluding carboxylic acids is 1. The van der Waals surface area contributed by atoms with E-state index in [4.69, 9.17) is 4.74 Å². The number of nitrogens with one attached hydrogen (secondary N) is 2. The smallest absolute Gasteiger partial charge is 0.315 e. The second-order valence-electron chi connectivity index (χ2n) is 5.43. The van der Waals surface area contributed by atoms with E-state index in [-0.39, 0.29) is 6.03 Å². The van der Waals surface area contributed by atoms with Crippen molar-refractivity contribution in [3.63, 3.8) is 0 Å². The summed E-state index contributed by atoms with van der Waals surface area (Å²) in [7, 11) is 1.67. The Morgan fingerprint density at radius 3 is 2.90 bits per heavy atom. The highest BCUT2D eigenvalue weighted by Crippen LogP contribution is 2.24. The van der Waals surface area contributed by atoms with Gasteiger partial charge in [0.15, 0.2) is 0 Å².